The maximum absolute atomic E-state index is 12.6. The molecular weight excluding hydrogens is 802 g/mol. The maximum atomic E-state index is 12.6. The minimum Gasteiger partial charge on any atom is -0.462 e. The van der Waals surface area contributed by atoms with E-state index in [4.69, 9.17) is 23.8 Å². The number of hydrogen-bond acceptors (Lipinski definition) is 11. The van der Waals surface area contributed by atoms with Gasteiger partial charge in [0.05, 0.1) is 25.9 Å². The Hall–Kier alpha value is -1.96. The third-order valence-electron chi connectivity index (χ3n) is 9.31. The van der Waals surface area contributed by atoms with Gasteiger partial charge in [0.25, 0.3) is 0 Å². The van der Waals surface area contributed by atoms with E-state index in [0.717, 1.165) is 57.3 Å². The van der Waals surface area contributed by atoms with Gasteiger partial charge in [0.2, 0.25) is 0 Å². The van der Waals surface area contributed by atoms with Crippen molar-refractivity contribution in [2.75, 3.05) is 26.4 Å². The highest BCUT2D eigenvalue weighted by atomic mass is 31.2. The number of phosphoric ester groups is 2. The third kappa shape index (κ3) is 41.2. The summed E-state index contributed by atoms with van der Waals surface area (Å²) in [6.45, 7) is 3.81. The van der Waals surface area contributed by atoms with Crippen molar-refractivity contribution in [3.8, 4) is 0 Å². The molecule has 0 aromatic heterocycles. The van der Waals surface area contributed by atoms with Crippen LogP contribution in [0.15, 0.2) is 48.6 Å². The van der Waals surface area contributed by atoms with Gasteiger partial charge in [-0.25, -0.2) is 9.13 Å². The standard InChI is InChI=1S/C43H78O14P2/c1-4-29-39(44)31-26-22-18-14-9-7-6-8-10-16-20-24-28-33-43(47)57-41(37-56-59(51,52)55-35-40(45)34-54-58(48,49)50)36-53-42(46)32-27-23-19-15-12-11-13-17-21-25-30-38(3)5-2/h6,8-9,14,16,20,22,26,38-41,44-45H,4-5,7,10-13,15,17-19,21,23-25,27-37H2,1-3H3,(H,51,52)(H2,48,49,50)/b8-6-,14-9-,20-16-,26-22-/t38?,39?,40-,41+/m0/s1. The number of rotatable bonds is 40. The number of esters is 2. The van der Waals surface area contributed by atoms with Crippen molar-refractivity contribution in [2.45, 2.75) is 180 Å². The number of allylic oxidation sites excluding steroid dienone is 7. The van der Waals surface area contributed by atoms with Crippen LogP contribution in [0.3, 0.4) is 0 Å². The van der Waals surface area contributed by atoms with Gasteiger partial charge in [-0.05, 0) is 57.3 Å². The molecule has 0 saturated heterocycles. The van der Waals surface area contributed by atoms with E-state index in [1.165, 1.54) is 51.4 Å². The molecule has 0 fully saturated rings. The van der Waals surface area contributed by atoms with Gasteiger partial charge < -0.3 is 34.4 Å². The number of hydrogen-bond donors (Lipinski definition) is 5. The molecule has 344 valence electrons. The molecule has 3 unspecified atom stereocenters. The highest BCUT2D eigenvalue weighted by Crippen LogP contribution is 2.43. The van der Waals surface area contributed by atoms with Crippen LogP contribution in [0.1, 0.15) is 162 Å². The summed E-state index contributed by atoms with van der Waals surface area (Å²) < 4.78 is 47.7. The van der Waals surface area contributed by atoms with E-state index >= 15 is 0 Å². The number of unbranched alkanes of at least 4 members (excludes halogenated alkanes) is 10. The van der Waals surface area contributed by atoms with Gasteiger partial charge in [-0.3, -0.25) is 23.2 Å². The predicted molar refractivity (Wildman–Crippen MR) is 231 cm³/mol. The van der Waals surface area contributed by atoms with Crippen molar-refractivity contribution in [1.82, 2.24) is 0 Å². The van der Waals surface area contributed by atoms with Crippen molar-refractivity contribution in [1.29, 1.82) is 0 Å². The summed E-state index contributed by atoms with van der Waals surface area (Å²) in [4.78, 5) is 52.6. The molecule has 0 aromatic rings. The summed E-state index contributed by atoms with van der Waals surface area (Å²) in [5.74, 6) is -0.299. The number of phosphoric acid groups is 2. The van der Waals surface area contributed by atoms with E-state index in [1.54, 1.807) is 0 Å². The van der Waals surface area contributed by atoms with Crippen molar-refractivity contribution >= 4 is 27.6 Å². The zero-order chi connectivity index (χ0) is 44.0. The molecule has 0 aliphatic rings. The van der Waals surface area contributed by atoms with Crippen LogP contribution in [-0.2, 0) is 41.8 Å². The van der Waals surface area contributed by atoms with E-state index < -0.39 is 66.2 Å². The monoisotopic (exact) mass is 880 g/mol. The Balaban J connectivity index is 4.65. The van der Waals surface area contributed by atoms with Gasteiger partial charge in [0.15, 0.2) is 6.10 Å². The molecule has 0 aromatic carbocycles. The zero-order valence-corrected chi connectivity index (χ0v) is 37.9. The Kier molecular flexibility index (Phi) is 36.5. The maximum Gasteiger partial charge on any atom is 0.472 e. The zero-order valence-electron chi connectivity index (χ0n) is 36.1. The van der Waals surface area contributed by atoms with Crippen LogP contribution in [0, 0.1) is 5.92 Å². The number of aliphatic hydroxyl groups excluding tert-OH is 2. The fourth-order valence-corrected chi connectivity index (χ4v) is 6.78. The molecule has 0 amide bonds. The molecule has 0 radical (unpaired) electrons. The van der Waals surface area contributed by atoms with E-state index in [2.05, 4.69) is 60.2 Å². The van der Waals surface area contributed by atoms with Gasteiger partial charge in [-0.1, -0.05) is 146 Å². The van der Waals surface area contributed by atoms with Crippen LogP contribution < -0.4 is 0 Å². The topological polar surface area (TPSA) is 216 Å². The molecule has 14 nitrogen and oxygen atoms in total. The first kappa shape index (κ1) is 57.0. The summed E-state index contributed by atoms with van der Waals surface area (Å²) in [6.07, 6.45) is 33.2. The molecule has 5 atom stereocenters. The van der Waals surface area contributed by atoms with Gasteiger partial charge in [-0.2, -0.15) is 0 Å². The van der Waals surface area contributed by atoms with E-state index in [9.17, 15) is 33.8 Å². The molecule has 5 N–H and O–H groups in total. The van der Waals surface area contributed by atoms with E-state index in [1.807, 2.05) is 18.2 Å². The average molecular weight is 881 g/mol. The normalized spacial score (nSPS) is 15.6. The largest absolute Gasteiger partial charge is 0.472 e. The lowest BCUT2D eigenvalue weighted by atomic mass is 9.99. The molecular formula is C43H78O14P2. The molecule has 0 aliphatic heterocycles. The average Bonchev–Trinajstić information content (AvgIpc) is 3.18. The molecule has 0 heterocycles. The van der Waals surface area contributed by atoms with E-state index in [-0.39, 0.29) is 18.9 Å². The smallest absolute Gasteiger partial charge is 0.462 e. The van der Waals surface area contributed by atoms with Gasteiger partial charge in [0, 0.05) is 12.8 Å². The fourth-order valence-electron chi connectivity index (χ4n) is 5.63. The lowest BCUT2D eigenvalue weighted by Gasteiger charge is -2.20. The van der Waals surface area contributed by atoms with Gasteiger partial charge in [-0.15, -0.1) is 0 Å². The minimum atomic E-state index is -4.87. The molecule has 16 heteroatoms. The van der Waals surface area contributed by atoms with Crippen LogP contribution in [0.25, 0.3) is 0 Å². The SMILES string of the molecule is CCCC(O)C/C=C\C/C=C\C/C=C\C/C=C\CCCC(=O)O[C@H](COC(=O)CCCCCCCCCCCCC(C)CC)COP(=O)(O)OC[C@@H](O)COP(=O)(O)O. The van der Waals surface area contributed by atoms with E-state index in [0.29, 0.717) is 25.7 Å². The summed E-state index contributed by atoms with van der Waals surface area (Å²) >= 11 is 0. The quantitative estimate of drug-likeness (QED) is 0.0168. The Morgan fingerprint density at radius 1 is 0.576 bits per heavy atom. The summed E-state index contributed by atoms with van der Waals surface area (Å²) in [6, 6.07) is 0. The lowest BCUT2D eigenvalue weighted by molar-refractivity contribution is -0.161. The molecule has 0 aliphatic carbocycles. The van der Waals surface area contributed by atoms with Gasteiger partial charge in [0.1, 0.15) is 12.7 Å². The Bertz CT molecular complexity index is 1260. The molecule has 0 saturated carbocycles. The van der Waals surface area contributed by atoms with Crippen LogP contribution >= 0.6 is 15.6 Å². The first-order chi connectivity index (χ1) is 28.2. The molecule has 59 heavy (non-hydrogen) atoms. The molecule has 0 spiro atoms. The number of carbonyl (C=O) groups is 2. The van der Waals surface area contributed by atoms with Crippen molar-refractivity contribution in [3.05, 3.63) is 48.6 Å². The number of carbonyl (C=O) groups excluding carboxylic acids is 2. The fraction of sp³-hybridized carbons (Fsp3) is 0.767. The first-order valence-corrected chi connectivity index (χ1v) is 24.8. The third-order valence-corrected chi connectivity index (χ3v) is 10.7. The van der Waals surface area contributed by atoms with Crippen LogP contribution in [-0.4, -0.2) is 81.6 Å². The van der Waals surface area contributed by atoms with Crippen LogP contribution in [0.5, 0.6) is 0 Å². The Morgan fingerprint density at radius 3 is 1.66 bits per heavy atom. The van der Waals surface area contributed by atoms with Gasteiger partial charge >= 0.3 is 27.6 Å². The summed E-state index contributed by atoms with van der Waals surface area (Å²) in [5.41, 5.74) is 0. The highest BCUT2D eigenvalue weighted by molar-refractivity contribution is 7.47. The van der Waals surface area contributed by atoms with Crippen molar-refractivity contribution in [3.63, 3.8) is 0 Å². The number of ether oxygens (including phenoxy) is 2. The van der Waals surface area contributed by atoms with Crippen LogP contribution in [0.4, 0.5) is 0 Å². The Morgan fingerprint density at radius 2 is 1.08 bits per heavy atom. The van der Waals surface area contributed by atoms with Crippen molar-refractivity contribution < 1.29 is 66.7 Å². The Labute approximate surface area is 354 Å². The second-order valence-electron chi connectivity index (χ2n) is 15.0. The summed E-state index contributed by atoms with van der Waals surface area (Å²) in [7, 11) is -9.70. The molecule has 0 bridgehead atoms. The lowest BCUT2D eigenvalue weighted by Crippen LogP contribution is -2.29. The second-order valence-corrected chi connectivity index (χ2v) is 17.7. The predicted octanol–water partition coefficient (Wildman–Crippen LogP) is 9.89. The molecule has 0 rings (SSSR count). The minimum absolute atomic E-state index is 0.0404. The first-order valence-electron chi connectivity index (χ1n) is 21.8. The number of aliphatic hydroxyl groups is 2. The van der Waals surface area contributed by atoms with Crippen molar-refractivity contribution in [2.24, 2.45) is 5.92 Å². The second kappa shape index (κ2) is 37.8. The summed E-state index contributed by atoms with van der Waals surface area (Å²) in [5, 5.41) is 19.5. The highest BCUT2D eigenvalue weighted by Gasteiger charge is 2.28. The van der Waals surface area contributed by atoms with Crippen LogP contribution in [0.2, 0.25) is 0 Å².